The molecule has 0 spiro atoms. The summed E-state index contributed by atoms with van der Waals surface area (Å²) in [6.07, 6.45) is 3.49. The summed E-state index contributed by atoms with van der Waals surface area (Å²) >= 11 is 0. The lowest BCUT2D eigenvalue weighted by atomic mass is 10.0. The highest BCUT2D eigenvalue weighted by Crippen LogP contribution is 2.21. The molecule has 0 bridgehead atoms. The third-order valence-corrected chi connectivity index (χ3v) is 4.09. The van der Waals surface area contributed by atoms with Gasteiger partial charge in [-0.1, -0.05) is 50.1 Å². The van der Waals surface area contributed by atoms with Gasteiger partial charge >= 0.3 is 0 Å². The molecule has 4 rings (SSSR count). The second-order valence-electron chi connectivity index (χ2n) is 6.56. The van der Waals surface area contributed by atoms with Gasteiger partial charge in [-0.25, -0.2) is 0 Å². The van der Waals surface area contributed by atoms with Crippen molar-refractivity contribution in [3.63, 3.8) is 0 Å². The van der Waals surface area contributed by atoms with Gasteiger partial charge in [0.2, 0.25) is 0 Å². The summed E-state index contributed by atoms with van der Waals surface area (Å²) in [5.74, 6) is 1.10. The molecule has 0 amide bonds. The van der Waals surface area contributed by atoms with Gasteiger partial charge in [-0.2, -0.15) is 0 Å². The van der Waals surface area contributed by atoms with Crippen molar-refractivity contribution in [3.8, 4) is 0 Å². The van der Waals surface area contributed by atoms with Gasteiger partial charge in [0, 0.05) is 10.8 Å². The van der Waals surface area contributed by atoms with Crippen LogP contribution in [0, 0.1) is 0 Å². The average Bonchev–Trinajstić information content (AvgIpc) is 3.22. The lowest BCUT2D eigenvalue weighted by Gasteiger charge is -2.02. The predicted molar refractivity (Wildman–Crippen MR) is 96.2 cm³/mol. The Bertz CT molecular complexity index is 857. The van der Waals surface area contributed by atoms with Crippen molar-refractivity contribution in [2.24, 2.45) is 0 Å². The van der Waals surface area contributed by atoms with E-state index in [-0.39, 0.29) is 0 Å². The van der Waals surface area contributed by atoms with E-state index in [2.05, 4.69) is 56.2 Å². The maximum absolute atomic E-state index is 5.06. The Labute approximate surface area is 141 Å². The lowest BCUT2D eigenvalue weighted by molar-refractivity contribution is 0.456. The molecule has 0 fully saturated rings. The molecule has 0 radical (unpaired) electrons. The summed E-state index contributed by atoms with van der Waals surface area (Å²) < 4.78 is 10.1. The van der Waals surface area contributed by atoms with E-state index in [1.807, 2.05) is 18.2 Å². The maximum atomic E-state index is 5.06. The zero-order valence-corrected chi connectivity index (χ0v) is 14.5. The number of hydrogen-bond acceptors (Lipinski definition) is 4. The Morgan fingerprint density at radius 2 is 1.25 bits per heavy atom. The average molecular weight is 322 g/mol. The minimum atomic E-state index is 0.541. The molecule has 2 aromatic heterocycles. The Kier molecular flexibility index (Phi) is 4.65. The highest BCUT2D eigenvalue weighted by Gasteiger charge is 2.03. The quantitative estimate of drug-likeness (QED) is 0.461. The molecule has 0 aliphatic heterocycles. The number of benzene rings is 2. The van der Waals surface area contributed by atoms with E-state index < -0.39 is 0 Å². The first-order chi connectivity index (χ1) is 11.5. The molecule has 0 N–H and O–H groups in total. The lowest BCUT2D eigenvalue weighted by Crippen LogP contribution is -1.84. The molecule has 0 unspecified atom stereocenters. The van der Waals surface area contributed by atoms with Crippen molar-refractivity contribution in [2.75, 3.05) is 0 Å². The van der Waals surface area contributed by atoms with Crippen molar-refractivity contribution < 1.29 is 9.05 Å². The largest absolute Gasteiger partial charge is 0.356 e. The van der Waals surface area contributed by atoms with E-state index in [1.54, 1.807) is 12.4 Å². The van der Waals surface area contributed by atoms with Gasteiger partial charge in [-0.05, 0) is 47.2 Å². The minimum Gasteiger partial charge on any atom is -0.356 e. The molecule has 0 aliphatic rings. The fourth-order valence-electron chi connectivity index (χ4n) is 2.49. The number of fused-ring (bicyclic) bond motifs is 2. The van der Waals surface area contributed by atoms with Gasteiger partial charge in [0.25, 0.3) is 0 Å². The molecule has 0 saturated carbocycles. The Morgan fingerprint density at radius 3 is 1.96 bits per heavy atom. The first-order valence-electron chi connectivity index (χ1n) is 8.23. The van der Waals surface area contributed by atoms with Crippen molar-refractivity contribution in [1.82, 2.24) is 10.3 Å². The zero-order chi connectivity index (χ0) is 17.1. The van der Waals surface area contributed by atoms with Crippen LogP contribution in [0.3, 0.4) is 0 Å². The van der Waals surface area contributed by atoms with E-state index in [4.69, 9.17) is 9.05 Å². The molecular formula is C20H22N2O2. The predicted octanol–water partition coefficient (Wildman–Crippen LogP) is 5.90. The van der Waals surface area contributed by atoms with Crippen LogP contribution in [0.4, 0.5) is 0 Å². The first-order valence-corrected chi connectivity index (χ1v) is 8.23. The maximum Gasteiger partial charge on any atom is 0.167 e. The molecule has 4 heteroatoms. The van der Waals surface area contributed by atoms with Crippen LogP contribution in [0.1, 0.15) is 50.7 Å². The smallest absolute Gasteiger partial charge is 0.167 e. The summed E-state index contributed by atoms with van der Waals surface area (Å²) in [6, 6.07) is 12.4. The van der Waals surface area contributed by atoms with Gasteiger partial charge in [-0.15, -0.1) is 0 Å². The van der Waals surface area contributed by atoms with Crippen LogP contribution in [-0.2, 0) is 0 Å². The van der Waals surface area contributed by atoms with Crippen molar-refractivity contribution in [2.45, 2.75) is 39.5 Å². The van der Waals surface area contributed by atoms with Crippen molar-refractivity contribution in [3.05, 3.63) is 59.9 Å². The summed E-state index contributed by atoms with van der Waals surface area (Å²) in [5, 5.41) is 9.61. The van der Waals surface area contributed by atoms with Gasteiger partial charge in [0.05, 0.1) is 12.4 Å². The van der Waals surface area contributed by atoms with Gasteiger partial charge in [0.1, 0.15) is 0 Å². The fourth-order valence-corrected chi connectivity index (χ4v) is 2.49. The fraction of sp³-hybridized carbons (Fsp3) is 0.300. The number of aromatic nitrogens is 2. The van der Waals surface area contributed by atoms with Gasteiger partial charge in [-0.3, -0.25) is 0 Å². The Balaban J connectivity index is 0.000000141. The normalized spacial score (nSPS) is 11.2. The standard InChI is InChI=1S/2C10H11NO/c1-7(2)8-3-4-10-9(5-8)6-11-12-10;1-7(2)8-3-4-9-6-11-12-10(9)5-8/h2*3-7H,1-2H3. The second kappa shape index (κ2) is 6.87. The summed E-state index contributed by atoms with van der Waals surface area (Å²) in [4.78, 5) is 0. The van der Waals surface area contributed by atoms with Gasteiger partial charge in [0.15, 0.2) is 11.2 Å². The highest BCUT2D eigenvalue weighted by molar-refractivity contribution is 5.77. The molecule has 0 atom stereocenters. The van der Waals surface area contributed by atoms with E-state index in [9.17, 15) is 0 Å². The van der Waals surface area contributed by atoms with Crippen LogP contribution in [0.15, 0.2) is 57.8 Å². The topological polar surface area (TPSA) is 52.1 Å². The van der Waals surface area contributed by atoms with E-state index in [0.717, 1.165) is 21.9 Å². The molecule has 24 heavy (non-hydrogen) atoms. The van der Waals surface area contributed by atoms with Crippen LogP contribution in [0.2, 0.25) is 0 Å². The monoisotopic (exact) mass is 322 g/mol. The van der Waals surface area contributed by atoms with Crippen LogP contribution in [0.25, 0.3) is 21.9 Å². The number of rotatable bonds is 2. The summed E-state index contributed by atoms with van der Waals surface area (Å²) in [7, 11) is 0. The number of hydrogen-bond donors (Lipinski definition) is 0. The van der Waals surface area contributed by atoms with Crippen LogP contribution in [0.5, 0.6) is 0 Å². The van der Waals surface area contributed by atoms with Crippen molar-refractivity contribution >= 4 is 21.9 Å². The highest BCUT2D eigenvalue weighted by atomic mass is 16.5. The van der Waals surface area contributed by atoms with E-state index in [0.29, 0.717) is 11.8 Å². The molecule has 4 aromatic rings. The molecule has 124 valence electrons. The van der Waals surface area contributed by atoms with Crippen LogP contribution >= 0.6 is 0 Å². The molecular weight excluding hydrogens is 300 g/mol. The number of nitrogens with zero attached hydrogens (tertiary/aromatic N) is 2. The third kappa shape index (κ3) is 3.48. The van der Waals surface area contributed by atoms with Gasteiger partial charge < -0.3 is 9.05 Å². The third-order valence-electron chi connectivity index (χ3n) is 4.09. The van der Waals surface area contributed by atoms with Crippen LogP contribution < -0.4 is 0 Å². The van der Waals surface area contributed by atoms with E-state index >= 15 is 0 Å². The SMILES string of the molecule is CC(C)c1ccc2cnoc2c1.CC(C)c1ccc2oncc2c1. The molecule has 0 aliphatic carbocycles. The minimum absolute atomic E-state index is 0.541. The van der Waals surface area contributed by atoms with E-state index in [1.165, 1.54) is 11.1 Å². The summed E-state index contributed by atoms with van der Waals surface area (Å²) in [6.45, 7) is 8.68. The van der Waals surface area contributed by atoms with Crippen molar-refractivity contribution in [1.29, 1.82) is 0 Å². The Hall–Kier alpha value is -2.62. The molecule has 4 nitrogen and oxygen atoms in total. The molecule has 2 heterocycles. The van der Waals surface area contributed by atoms with Crippen LogP contribution in [-0.4, -0.2) is 10.3 Å². The Morgan fingerprint density at radius 1 is 0.667 bits per heavy atom. The molecule has 2 aromatic carbocycles. The second-order valence-corrected chi connectivity index (χ2v) is 6.56. The zero-order valence-electron chi connectivity index (χ0n) is 14.5. The molecule has 0 saturated heterocycles. The summed E-state index contributed by atoms with van der Waals surface area (Å²) in [5.41, 5.74) is 4.35. The first kappa shape index (κ1) is 16.2.